The second-order valence-corrected chi connectivity index (χ2v) is 5.67. The third-order valence-electron chi connectivity index (χ3n) is 4.80. The van der Waals surface area contributed by atoms with E-state index in [0.29, 0.717) is 11.8 Å². The van der Waals surface area contributed by atoms with Gasteiger partial charge in [-0.05, 0) is 36.8 Å². The first-order valence-electron chi connectivity index (χ1n) is 7.53. The zero-order chi connectivity index (χ0) is 13.9. The predicted octanol–water partition coefficient (Wildman–Crippen LogP) is 4.30. The van der Waals surface area contributed by atoms with Gasteiger partial charge in [0.2, 0.25) is 0 Å². The maximum absolute atomic E-state index is 12.1. The zero-order valence-corrected chi connectivity index (χ0v) is 12.4. The van der Waals surface area contributed by atoms with Gasteiger partial charge in [-0.2, -0.15) is 0 Å². The normalized spacial score (nSPS) is 17.7. The van der Waals surface area contributed by atoms with Crippen LogP contribution >= 0.6 is 0 Å². The molecule has 1 heterocycles. The Morgan fingerprint density at radius 3 is 2.47 bits per heavy atom. The average Bonchev–Trinajstić information content (AvgIpc) is 2.91. The lowest BCUT2D eigenvalue weighted by Gasteiger charge is -2.28. The number of ketones is 1. The van der Waals surface area contributed by atoms with Crippen molar-refractivity contribution in [3.05, 3.63) is 29.8 Å². The van der Waals surface area contributed by atoms with Crippen LogP contribution < -0.4 is 4.90 Å². The number of nitrogens with zero attached hydrogens (tertiary/aromatic N) is 1. The highest BCUT2D eigenvalue weighted by Crippen LogP contribution is 2.39. The fourth-order valence-electron chi connectivity index (χ4n) is 3.14. The van der Waals surface area contributed by atoms with Crippen molar-refractivity contribution in [1.29, 1.82) is 0 Å². The number of carbonyl (C=O) groups is 1. The van der Waals surface area contributed by atoms with Crippen LogP contribution in [0.2, 0.25) is 0 Å². The minimum Gasteiger partial charge on any atom is -0.370 e. The van der Waals surface area contributed by atoms with Crippen molar-refractivity contribution in [1.82, 2.24) is 0 Å². The standard InChI is InChI=1S/C17H25NO/c1-4-16(19)14-9-7-8-10-15(14)18-12-11-17(5-2,6-3)13-18/h7-10H,4-6,11-13H2,1-3H3. The van der Waals surface area contributed by atoms with Gasteiger partial charge >= 0.3 is 0 Å². The number of anilines is 1. The summed E-state index contributed by atoms with van der Waals surface area (Å²) in [4.78, 5) is 14.5. The molecular formula is C17H25NO. The summed E-state index contributed by atoms with van der Waals surface area (Å²) in [6.45, 7) is 8.68. The summed E-state index contributed by atoms with van der Waals surface area (Å²) < 4.78 is 0. The first-order valence-corrected chi connectivity index (χ1v) is 7.53. The average molecular weight is 259 g/mol. The molecule has 1 aromatic carbocycles. The summed E-state index contributed by atoms with van der Waals surface area (Å²) in [6.07, 6.45) is 4.28. The number of para-hydroxylation sites is 1. The van der Waals surface area contributed by atoms with Crippen LogP contribution in [0.25, 0.3) is 0 Å². The van der Waals surface area contributed by atoms with Crippen molar-refractivity contribution in [3.63, 3.8) is 0 Å². The van der Waals surface area contributed by atoms with Gasteiger partial charge in [0.05, 0.1) is 0 Å². The molecule has 104 valence electrons. The van der Waals surface area contributed by atoms with Crippen LogP contribution in [-0.2, 0) is 0 Å². The Hall–Kier alpha value is -1.31. The van der Waals surface area contributed by atoms with E-state index >= 15 is 0 Å². The van der Waals surface area contributed by atoms with Crippen molar-refractivity contribution >= 4 is 11.5 Å². The van der Waals surface area contributed by atoms with Gasteiger partial charge in [0.25, 0.3) is 0 Å². The number of Topliss-reactive ketones (excluding diaryl/α,β-unsaturated/α-hetero) is 1. The van der Waals surface area contributed by atoms with E-state index in [-0.39, 0.29) is 5.78 Å². The van der Waals surface area contributed by atoms with E-state index in [9.17, 15) is 4.79 Å². The molecule has 1 aliphatic rings. The number of rotatable bonds is 5. The lowest BCUT2D eigenvalue weighted by molar-refractivity contribution is 0.0988. The molecule has 1 fully saturated rings. The van der Waals surface area contributed by atoms with Crippen molar-refractivity contribution in [2.75, 3.05) is 18.0 Å². The first kappa shape index (κ1) is 14.1. The molecule has 0 bridgehead atoms. The van der Waals surface area contributed by atoms with E-state index < -0.39 is 0 Å². The molecule has 2 nitrogen and oxygen atoms in total. The Balaban J connectivity index is 2.27. The molecule has 19 heavy (non-hydrogen) atoms. The Morgan fingerprint density at radius 1 is 1.21 bits per heavy atom. The largest absolute Gasteiger partial charge is 0.370 e. The van der Waals surface area contributed by atoms with Crippen molar-refractivity contribution in [2.45, 2.75) is 46.5 Å². The van der Waals surface area contributed by atoms with Crippen LogP contribution in [-0.4, -0.2) is 18.9 Å². The van der Waals surface area contributed by atoms with E-state index in [1.165, 1.54) is 19.3 Å². The van der Waals surface area contributed by atoms with E-state index in [1.807, 2.05) is 25.1 Å². The minimum atomic E-state index is 0.251. The van der Waals surface area contributed by atoms with Gasteiger partial charge in [0.1, 0.15) is 0 Å². The van der Waals surface area contributed by atoms with E-state index in [4.69, 9.17) is 0 Å². The number of benzene rings is 1. The highest BCUT2D eigenvalue weighted by molar-refractivity contribution is 6.01. The Bertz CT molecular complexity index is 448. The molecule has 0 aliphatic carbocycles. The summed E-state index contributed by atoms with van der Waals surface area (Å²) in [5, 5.41) is 0. The number of hydrogen-bond donors (Lipinski definition) is 0. The second kappa shape index (κ2) is 5.77. The quantitative estimate of drug-likeness (QED) is 0.735. The van der Waals surface area contributed by atoms with Gasteiger partial charge in [-0.25, -0.2) is 0 Å². The van der Waals surface area contributed by atoms with Crippen LogP contribution in [0.4, 0.5) is 5.69 Å². The molecule has 0 aromatic heterocycles. The van der Waals surface area contributed by atoms with Gasteiger partial charge in [-0.3, -0.25) is 4.79 Å². The van der Waals surface area contributed by atoms with Crippen LogP contribution in [0, 0.1) is 5.41 Å². The van der Waals surface area contributed by atoms with Gasteiger partial charge in [0, 0.05) is 30.8 Å². The van der Waals surface area contributed by atoms with Gasteiger partial charge in [-0.1, -0.05) is 32.9 Å². The van der Waals surface area contributed by atoms with Crippen LogP contribution in [0.5, 0.6) is 0 Å². The highest BCUT2D eigenvalue weighted by Gasteiger charge is 2.35. The number of carbonyl (C=O) groups excluding carboxylic acids is 1. The maximum Gasteiger partial charge on any atom is 0.164 e. The predicted molar refractivity (Wildman–Crippen MR) is 80.9 cm³/mol. The van der Waals surface area contributed by atoms with E-state index in [2.05, 4.69) is 24.8 Å². The van der Waals surface area contributed by atoms with Crippen LogP contribution in [0.15, 0.2) is 24.3 Å². The minimum absolute atomic E-state index is 0.251. The lowest BCUT2D eigenvalue weighted by atomic mass is 9.82. The molecule has 0 N–H and O–H groups in total. The topological polar surface area (TPSA) is 20.3 Å². The third kappa shape index (κ3) is 2.68. The van der Waals surface area contributed by atoms with Gasteiger partial charge in [0.15, 0.2) is 5.78 Å². The van der Waals surface area contributed by atoms with Crippen LogP contribution in [0.1, 0.15) is 56.8 Å². The molecular weight excluding hydrogens is 234 g/mol. The lowest BCUT2D eigenvalue weighted by Crippen LogP contribution is -2.27. The molecule has 2 heteroatoms. The summed E-state index contributed by atoms with van der Waals surface area (Å²) >= 11 is 0. The molecule has 1 aliphatic heterocycles. The molecule has 0 spiro atoms. The highest BCUT2D eigenvalue weighted by atomic mass is 16.1. The summed E-state index contributed by atoms with van der Waals surface area (Å²) in [6, 6.07) is 8.08. The third-order valence-corrected chi connectivity index (χ3v) is 4.80. The molecule has 1 saturated heterocycles. The van der Waals surface area contributed by atoms with Crippen molar-refractivity contribution in [3.8, 4) is 0 Å². The van der Waals surface area contributed by atoms with E-state index in [1.54, 1.807) is 0 Å². The fourth-order valence-corrected chi connectivity index (χ4v) is 3.14. The number of hydrogen-bond acceptors (Lipinski definition) is 2. The zero-order valence-electron chi connectivity index (χ0n) is 12.4. The smallest absolute Gasteiger partial charge is 0.164 e. The Labute approximate surface area is 116 Å². The van der Waals surface area contributed by atoms with Gasteiger partial charge < -0.3 is 4.90 Å². The second-order valence-electron chi connectivity index (χ2n) is 5.67. The summed E-state index contributed by atoms with van der Waals surface area (Å²) in [5.41, 5.74) is 2.48. The maximum atomic E-state index is 12.1. The molecule has 0 unspecified atom stereocenters. The first-order chi connectivity index (χ1) is 9.15. The molecule has 0 radical (unpaired) electrons. The monoisotopic (exact) mass is 259 g/mol. The SMILES string of the molecule is CCC(=O)c1ccccc1N1CCC(CC)(CC)C1. The molecule has 0 saturated carbocycles. The Kier molecular flexibility index (Phi) is 4.28. The molecule has 0 amide bonds. The van der Waals surface area contributed by atoms with E-state index in [0.717, 1.165) is 24.3 Å². The molecule has 0 atom stereocenters. The summed E-state index contributed by atoms with van der Waals surface area (Å²) in [7, 11) is 0. The van der Waals surface area contributed by atoms with Crippen molar-refractivity contribution in [2.24, 2.45) is 5.41 Å². The molecule has 1 aromatic rings. The van der Waals surface area contributed by atoms with Crippen molar-refractivity contribution < 1.29 is 4.79 Å². The Morgan fingerprint density at radius 2 is 1.89 bits per heavy atom. The molecule has 2 rings (SSSR count). The van der Waals surface area contributed by atoms with Gasteiger partial charge in [-0.15, -0.1) is 0 Å². The summed E-state index contributed by atoms with van der Waals surface area (Å²) in [5.74, 6) is 0.251. The van der Waals surface area contributed by atoms with Crippen LogP contribution in [0.3, 0.4) is 0 Å². The fraction of sp³-hybridized carbons (Fsp3) is 0.588.